The molecule has 2 aromatic carbocycles. The largest absolute Gasteiger partial charge is 0.496 e. The lowest BCUT2D eigenvalue weighted by Gasteiger charge is -2.12. The highest BCUT2D eigenvalue weighted by atomic mass is 19.1. The van der Waals surface area contributed by atoms with Crippen LogP contribution >= 0.6 is 0 Å². The standard InChI is InChI=1S/C19H24FN3O/c1-3-21-19(22-13-12-15-8-10-17(20)11-9-15)23-14-16-6-4-5-7-18(16)24-2/h4-11H,3,12-14H2,1-2H3,(H2,21,22,23). The summed E-state index contributed by atoms with van der Waals surface area (Å²) in [6.07, 6.45) is 0.805. The molecule has 24 heavy (non-hydrogen) atoms. The molecule has 2 aromatic rings. The first kappa shape index (κ1) is 17.8. The monoisotopic (exact) mass is 329 g/mol. The molecule has 5 heteroatoms. The van der Waals surface area contributed by atoms with Crippen molar-refractivity contribution < 1.29 is 9.13 Å². The van der Waals surface area contributed by atoms with Crippen LogP contribution in [0.15, 0.2) is 53.5 Å². The number of hydrogen-bond acceptors (Lipinski definition) is 2. The van der Waals surface area contributed by atoms with E-state index in [1.165, 1.54) is 12.1 Å². The molecule has 0 spiro atoms. The second-order valence-corrected chi connectivity index (χ2v) is 5.31. The van der Waals surface area contributed by atoms with E-state index in [4.69, 9.17) is 4.74 Å². The molecular formula is C19H24FN3O. The van der Waals surface area contributed by atoms with Crippen LogP contribution in [0.4, 0.5) is 4.39 Å². The lowest BCUT2D eigenvalue weighted by atomic mass is 10.1. The predicted molar refractivity (Wildman–Crippen MR) is 95.9 cm³/mol. The van der Waals surface area contributed by atoms with Crippen molar-refractivity contribution >= 4 is 5.96 Å². The number of hydrogen-bond donors (Lipinski definition) is 2. The average Bonchev–Trinajstić information content (AvgIpc) is 2.61. The van der Waals surface area contributed by atoms with Crippen molar-refractivity contribution in [2.45, 2.75) is 19.9 Å². The van der Waals surface area contributed by atoms with Crippen LogP contribution in [-0.2, 0) is 13.0 Å². The minimum atomic E-state index is -0.210. The Morgan fingerprint density at radius 3 is 2.54 bits per heavy atom. The van der Waals surface area contributed by atoms with E-state index in [9.17, 15) is 4.39 Å². The second kappa shape index (κ2) is 9.55. The zero-order chi connectivity index (χ0) is 17.2. The Morgan fingerprint density at radius 1 is 1.08 bits per heavy atom. The van der Waals surface area contributed by atoms with Crippen molar-refractivity contribution in [2.75, 3.05) is 20.2 Å². The summed E-state index contributed by atoms with van der Waals surface area (Å²) in [7, 11) is 1.66. The minimum absolute atomic E-state index is 0.210. The van der Waals surface area contributed by atoms with Gasteiger partial charge in [-0.05, 0) is 37.1 Å². The molecule has 0 aliphatic rings. The minimum Gasteiger partial charge on any atom is -0.496 e. The van der Waals surface area contributed by atoms with E-state index in [1.807, 2.05) is 31.2 Å². The average molecular weight is 329 g/mol. The predicted octanol–water partition coefficient (Wildman–Crippen LogP) is 3.13. The van der Waals surface area contributed by atoms with Gasteiger partial charge in [-0.25, -0.2) is 9.38 Å². The molecule has 0 aromatic heterocycles. The number of aliphatic imine (C=N–C) groups is 1. The molecule has 2 rings (SSSR count). The van der Waals surface area contributed by atoms with Crippen LogP contribution in [0.5, 0.6) is 5.75 Å². The normalized spacial score (nSPS) is 11.2. The molecule has 0 saturated carbocycles. The van der Waals surface area contributed by atoms with Crippen LogP contribution in [0, 0.1) is 5.82 Å². The summed E-state index contributed by atoms with van der Waals surface area (Å²) in [5, 5.41) is 6.52. The Hall–Kier alpha value is -2.56. The Balaban J connectivity index is 1.91. The summed E-state index contributed by atoms with van der Waals surface area (Å²) in [6, 6.07) is 14.4. The molecule has 128 valence electrons. The third-order valence-corrected chi connectivity index (χ3v) is 3.56. The van der Waals surface area contributed by atoms with Gasteiger partial charge >= 0.3 is 0 Å². The van der Waals surface area contributed by atoms with E-state index in [0.29, 0.717) is 6.54 Å². The molecule has 0 saturated heterocycles. The van der Waals surface area contributed by atoms with E-state index in [1.54, 1.807) is 19.2 Å². The van der Waals surface area contributed by atoms with Crippen LogP contribution in [0.3, 0.4) is 0 Å². The Bertz CT molecular complexity index is 656. The van der Waals surface area contributed by atoms with Crippen LogP contribution in [0.2, 0.25) is 0 Å². The summed E-state index contributed by atoms with van der Waals surface area (Å²) in [4.78, 5) is 4.59. The number of para-hydroxylation sites is 1. The Morgan fingerprint density at radius 2 is 1.83 bits per heavy atom. The highest BCUT2D eigenvalue weighted by Crippen LogP contribution is 2.17. The van der Waals surface area contributed by atoms with Gasteiger partial charge in [0.25, 0.3) is 0 Å². The zero-order valence-corrected chi connectivity index (χ0v) is 14.2. The number of rotatable bonds is 7. The van der Waals surface area contributed by atoms with Crippen LogP contribution in [0.1, 0.15) is 18.1 Å². The first-order valence-electron chi connectivity index (χ1n) is 8.11. The maximum atomic E-state index is 12.9. The summed E-state index contributed by atoms with van der Waals surface area (Å²) >= 11 is 0. The number of halogens is 1. The van der Waals surface area contributed by atoms with Gasteiger partial charge in [0.15, 0.2) is 5.96 Å². The SMILES string of the molecule is CCNC(=NCc1ccccc1OC)NCCc1ccc(F)cc1. The third kappa shape index (κ3) is 5.57. The van der Waals surface area contributed by atoms with Crippen LogP contribution < -0.4 is 15.4 Å². The molecule has 0 atom stereocenters. The fraction of sp³-hybridized carbons (Fsp3) is 0.316. The number of nitrogens with one attached hydrogen (secondary N) is 2. The zero-order valence-electron chi connectivity index (χ0n) is 14.2. The van der Waals surface area contributed by atoms with E-state index in [-0.39, 0.29) is 5.82 Å². The Kier molecular flexibility index (Phi) is 7.08. The summed E-state index contributed by atoms with van der Waals surface area (Å²) < 4.78 is 18.3. The lowest BCUT2D eigenvalue weighted by Crippen LogP contribution is -2.38. The maximum absolute atomic E-state index is 12.9. The highest BCUT2D eigenvalue weighted by Gasteiger charge is 2.02. The molecule has 0 aliphatic carbocycles. The first-order valence-corrected chi connectivity index (χ1v) is 8.11. The third-order valence-electron chi connectivity index (χ3n) is 3.56. The number of guanidine groups is 1. The van der Waals surface area contributed by atoms with Crippen molar-refractivity contribution in [3.8, 4) is 5.75 Å². The van der Waals surface area contributed by atoms with Gasteiger partial charge in [0.1, 0.15) is 11.6 Å². The Labute approximate surface area is 142 Å². The molecule has 0 unspecified atom stereocenters. The summed E-state index contributed by atoms with van der Waals surface area (Å²) in [6.45, 7) is 4.08. The van der Waals surface area contributed by atoms with Crippen molar-refractivity contribution in [3.05, 3.63) is 65.5 Å². The highest BCUT2D eigenvalue weighted by molar-refractivity contribution is 5.79. The van der Waals surface area contributed by atoms with Crippen molar-refractivity contribution in [2.24, 2.45) is 4.99 Å². The topological polar surface area (TPSA) is 45.7 Å². The molecule has 4 nitrogen and oxygen atoms in total. The van der Waals surface area contributed by atoms with Gasteiger partial charge in [-0.2, -0.15) is 0 Å². The van der Waals surface area contributed by atoms with Gasteiger partial charge in [-0.1, -0.05) is 30.3 Å². The van der Waals surface area contributed by atoms with Gasteiger partial charge in [0.2, 0.25) is 0 Å². The van der Waals surface area contributed by atoms with Crippen LogP contribution in [0.25, 0.3) is 0 Å². The first-order chi connectivity index (χ1) is 11.7. The molecule has 0 bridgehead atoms. The maximum Gasteiger partial charge on any atom is 0.191 e. The fourth-order valence-electron chi connectivity index (χ4n) is 2.32. The molecule has 0 aliphatic heterocycles. The van der Waals surface area contributed by atoms with Gasteiger partial charge in [-0.15, -0.1) is 0 Å². The van der Waals surface area contributed by atoms with E-state index in [2.05, 4.69) is 15.6 Å². The molecule has 2 N–H and O–H groups in total. The van der Waals surface area contributed by atoms with E-state index < -0.39 is 0 Å². The van der Waals surface area contributed by atoms with Crippen molar-refractivity contribution in [1.82, 2.24) is 10.6 Å². The molecule has 0 heterocycles. The van der Waals surface area contributed by atoms with E-state index in [0.717, 1.165) is 42.3 Å². The quantitative estimate of drug-likeness (QED) is 0.606. The molecule has 0 radical (unpaired) electrons. The van der Waals surface area contributed by atoms with Gasteiger partial charge < -0.3 is 15.4 Å². The lowest BCUT2D eigenvalue weighted by molar-refractivity contribution is 0.410. The number of methoxy groups -OCH3 is 1. The number of nitrogens with zero attached hydrogens (tertiary/aromatic N) is 1. The van der Waals surface area contributed by atoms with Gasteiger partial charge in [-0.3, -0.25) is 0 Å². The van der Waals surface area contributed by atoms with Crippen molar-refractivity contribution in [1.29, 1.82) is 0 Å². The smallest absolute Gasteiger partial charge is 0.191 e. The summed E-state index contributed by atoms with van der Waals surface area (Å²) in [5.41, 5.74) is 2.13. The summed E-state index contributed by atoms with van der Waals surface area (Å²) in [5.74, 6) is 1.38. The van der Waals surface area contributed by atoms with E-state index >= 15 is 0 Å². The number of benzene rings is 2. The molecular weight excluding hydrogens is 305 g/mol. The molecule has 0 fully saturated rings. The van der Waals surface area contributed by atoms with Gasteiger partial charge in [0.05, 0.1) is 13.7 Å². The molecule has 0 amide bonds. The second-order valence-electron chi connectivity index (χ2n) is 5.31. The fourth-order valence-corrected chi connectivity index (χ4v) is 2.32. The number of ether oxygens (including phenoxy) is 1. The van der Waals surface area contributed by atoms with Crippen LogP contribution in [-0.4, -0.2) is 26.2 Å². The van der Waals surface area contributed by atoms with Crippen molar-refractivity contribution in [3.63, 3.8) is 0 Å². The van der Waals surface area contributed by atoms with Gasteiger partial charge in [0, 0.05) is 18.7 Å².